The predicted molar refractivity (Wildman–Crippen MR) is 145 cm³/mol. The highest BCUT2D eigenvalue weighted by molar-refractivity contribution is 5.81. The number of carbonyl (C=O) groups is 1. The summed E-state index contributed by atoms with van der Waals surface area (Å²) in [5.74, 6) is 2.14. The monoisotopic (exact) mass is 497 g/mol. The van der Waals surface area contributed by atoms with Crippen LogP contribution in [0.4, 0.5) is 5.82 Å². The Morgan fingerprint density at radius 1 is 1.19 bits per heavy atom. The molecular weight excluding hydrogens is 462 g/mol. The number of nitrogens with zero attached hydrogens (tertiary/aromatic N) is 2. The minimum absolute atomic E-state index is 0.0155. The van der Waals surface area contributed by atoms with Gasteiger partial charge in [-0.2, -0.15) is 0 Å². The van der Waals surface area contributed by atoms with Crippen LogP contribution < -0.4 is 15.0 Å². The van der Waals surface area contributed by atoms with Gasteiger partial charge in [-0.25, -0.2) is 4.98 Å². The van der Waals surface area contributed by atoms with Crippen LogP contribution in [-0.2, 0) is 29.1 Å². The van der Waals surface area contributed by atoms with Crippen LogP contribution in [0, 0.1) is 18.3 Å². The molecule has 1 saturated heterocycles. The molecule has 0 unspecified atom stereocenters. The summed E-state index contributed by atoms with van der Waals surface area (Å²) < 4.78 is 11.7. The summed E-state index contributed by atoms with van der Waals surface area (Å²) in [6.45, 7) is 8.70. The van der Waals surface area contributed by atoms with Crippen molar-refractivity contribution in [2.45, 2.75) is 46.3 Å². The van der Waals surface area contributed by atoms with Crippen molar-refractivity contribution < 1.29 is 14.3 Å². The highest BCUT2D eigenvalue weighted by atomic mass is 16.5. The lowest BCUT2D eigenvalue weighted by atomic mass is 9.94. The van der Waals surface area contributed by atoms with Gasteiger partial charge >= 0.3 is 5.97 Å². The van der Waals surface area contributed by atoms with Gasteiger partial charge in [0.2, 0.25) is 0 Å². The lowest BCUT2D eigenvalue weighted by molar-refractivity contribution is -0.150. The molecule has 0 amide bonds. The van der Waals surface area contributed by atoms with Gasteiger partial charge in [0.05, 0.1) is 17.7 Å². The molecule has 0 spiro atoms. The van der Waals surface area contributed by atoms with E-state index in [4.69, 9.17) is 14.5 Å². The number of pyridine rings is 1. The first kappa shape index (κ1) is 24.0. The number of para-hydroxylation sites is 1. The lowest BCUT2D eigenvalue weighted by Crippen LogP contribution is -2.38. The smallest absolute Gasteiger partial charge is 0.312 e. The summed E-state index contributed by atoms with van der Waals surface area (Å²) in [6.07, 6.45) is 2.82. The number of esters is 1. The largest absolute Gasteiger partial charge is 0.488 e. The second-order valence-electron chi connectivity index (χ2n) is 10.6. The molecule has 2 aliphatic heterocycles. The molecule has 0 bridgehead atoms. The maximum atomic E-state index is 12.5. The van der Waals surface area contributed by atoms with Gasteiger partial charge < -0.3 is 19.7 Å². The fourth-order valence-corrected chi connectivity index (χ4v) is 6.13. The zero-order chi connectivity index (χ0) is 25.4. The number of hydrogen-bond acceptors (Lipinski definition) is 6. The summed E-state index contributed by atoms with van der Waals surface area (Å²) in [5, 5.41) is 3.47. The molecule has 3 aromatic rings. The Hall–Kier alpha value is -3.38. The van der Waals surface area contributed by atoms with Gasteiger partial charge in [0.15, 0.2) is 0 Å². The number of aromatic nitrogens is 1. The summed E-state index contributed by atoms with van der Waals surface area (Å²) in [7, 11) is 0. The Kier molecular flexibility index (Phi) is 6.37. The highest BCUT2D eigenvalue weighted by Crippen LogP contribution is 2.59. The number of rotatable bonds is 7. The number of hydrogen-bond donors (Lipinski definition) is 1. The average molecular weight is 498 g/mol. The Morgan fingerprint density at radius 2 is 2.08 bits per heavy atom. The average Bonchev–Trinajstić information content (AvgIpc) is 3.68. The van der Waals surface area contributed by atoms with E-state index in [2.05, 4.69) is 47.5 Å². The summed E-state index contributed by atoms with van der Waals surface area (Å²) in [5.41, 5.74) is 7.04. The van der Waals surface area contributed by atoms with Gasteiger partial charge in [-0.15, -0.1) is 0 Å². The molecule has 192 valence electrons. The van der Waals surface area contributed by atoms with Crippen LogP contribution in [0.5, 0.6) is 5.75 Å². The normalized spacial score (nSPS) is 22.1. The standard InChI is InChI=1S/C31H35N3O3/c1-3-36-30(35)31-12-14-34(19-24(31)17-31)29-10-6-8-27(33-29)25-7-4-5-9-28(25)37-20-22-15-21(2)26-18-32-13-11-23(26)16-22/h4-10,15-16,24,32H,3,11-14,17-20H2,1-2H3/t24-,31+/m0/s1. The van der Waals surface area contributed by atoms with E-state index in [1.54, 1.807) is 0 Å². The number of fused-ring (bicyclic) bond motifs is 2. The summed E-state index contributed by atoms with van der Waals surface area (Å²) in [4.78, 5) is 19.8. The van der Waals surface area contributed by atoms with E-state index in [-0.39, 0.29) is 11.4 Å². The third-order valence-electron chi connectivity index (χ3n) is 8.30. The number of ether oxygens (including phenoxy) is 2. The van der Waals surface area contributed by atoms with Crippen LogP contribution in [0.2, 0.25) is 0 Å². The van der Waals surface area contributed by atoms with Crippen molar-refractivity contribution in [2.24, 2.45) is 11.3 Å². The maximum Gasteiger partial charge on any atom is 0.312 e. The van der Waals surface area contributed by atoms with E-state index in [1.807, 2.05) is 31.2 Å². The number of anilines is 1. The SMILES string of the molecule is CCOC(=O)[C@@]12CCN(c3cccc(-c4ccccc4OCc4cc(C)c5c(c4)CCNC5)n3)C[C@@H]1C2. The minimum atomic E-state index is -0.254. The van der Waals surface area contributed by atoms with Gasteiger partial charge in [0.25, 0.3) is 0 Å². The van der Waals surface area contributed by atoms with Crippen molar-refractivity contribution in [3.63, 3.8) is 0 Å². The summed E-state index contributed by atoms with van der Waals surface area (Å²) >= 11 is 0. The van der Waals surface area contributed by atoms with E-state index in [0.29, 0.717) is 19.1 Å². The third kappa shape index (κ3) is 4.59. The first-order valence-electron chi connectivity index (χ1n) is 13.5. The molecule has 1 N–H and O–H groups in total. The molecule has 3 heterocycles. The molecule has 3 aliphatic rings. The van der Waals surface area contributed by atoms with Crippen molar-refractivity contribution in [3.8, 4) is 17.0 Å². The van der Waals surface area contributed by atoms with Crippen LogP contribution in [0.25, 0.3) is 11.3 Å². The number of benzene rings is 2. The van der Waals surface area contributed by atoms with Gasteiger partial charge in [-0.1, -0.05) is 30.3 Å². The molecule has 37 heavy (non-hydrogen) atoms. The zero-order valence-electron chi connectivity index (χ0n) is 21.8. The molecule has 6 rings (SSSR count). The number of carbonyl (C=O) groups excluding carboxylic acids is 1. The topological polar surface area (TPSA) is 63.7 Å². The zero-order valence-corrected chi connectivity index (χ0v) is 21.8. The molecule has 2 atom stereocenters. The second-order valence-corrected chi connectivity index (χ2v) is 10.6. The third-order valence-corrected chi connectivity index (χ3v) is 8.30. The Balaban J connectivity index is 1.18. The van der Waals surface area contributed by atoms with Crippen molar-refractivity contribution >= 4 is 11.8 Å². The Labute approximate surface area is 219 Å². The highest BCUT2D eigenvalue weighted by Gasteiger charge is 2.63. The first-order chi connectivity index (χ1) is 18.1. The van der Waals surface area contributed by atoms with Gasteiger partial charge in [0, 0.05) is 25.2 Å². The van der Waals surface area contributed by atoms with Crippen molar-refractivity contribution in [1.82, 2.24) is 10.3 Å². The predicted octanol–water partition coefficient (Wildman–Crippen LogP) is 5.06. The Morgan fingerprint density at radius 3 is 2.95 bits per heavy atom. The minimum Gasteiger partial charge on any atom is -0.488 e. The second kappa shape index (κ2) is 9.82. The fourth-order valence-electron chi connectivity index (χ4n) is 6.13. The van der Waals surface area contributed by atoms with Crippen LogP contribution in [-0.4, -0.2) is 37.2 Å². The maximum absolute atomic E-state index is 12.5. The molecule has 1 saturated carbocycles. The van der Waals surface area contributed by atoms with Crippen LogP contribution in [0.15, 0.2) is 54.6 Å². The fraction of sp³-hybridized carbons (Fsp3) is 0.419. The molecule has 1 aliphatic carbocycles. The molecule has 6 nitrogen and oxygen atoms in total. The Bertz CT molecular complexity index is 1320. The van der Waals surface area contributed by atoms with E-state index in [0.717, 1.165) is 68.3 Å². The first-order valence-corrected chi connectivity index (χ1v) is 13.5. The lowest BCUT2D eigenvalue weighted by Gasteiger charge is -2.31. The van der Waals surface area contributed by atoms with E-state index < -0.39 is 0 Å². The summed E-state index contributed by atoms with van der Waals surface area (Å²) in [6, 6.07) is 18.9. The number of piperidine rings is 1. The van der Waals surface area contributed by atoms with E-state index in [1.165, 1.54) is 22.3 Å². The quantitative estimate of drug-likeness (QED) is 0.461. The number of nitrogens with one attached hydrogen (secondary N) is 1. The van der Waals surface area contributed by atoms with Crippen molar-refractivity contribution in [2.75, 3.05) is 31.1 Å². The van der Waals surface area contributed by atoms with Crippen molar-refractivity contribution in [1.29, 1.82) is 0 Å². The van der Waals surface area contributed by atoms with Gasteiger partial charge in [0.1, 0.15) is 18.2 Å². The molecule has 0 radical (unpaired) electrons. The molecule has 2 aromatic carbocycles. The van der Waals surface area contributed by atoms with E-state index >= 15 is 0 Å². The molecule has 2 fully saturated rings. The van der Waals surface area contributed by atoms with Crippen LogP contribution >= 0.6 is 0 Å². The number of aryl methyl sites for hydroxylation is 1. The molecule has 6 heteroatoms. The van der Waals surface area contributed by atoms with Gasteiger partial charge in [-0.3, -0.25) is 4.79 Å². The van der Waals surface area contributed by atoms with Crippen LogP contribution in [0.1, 0.15) is 42.0 Å². The van der Waals surface area contributed by atoms with Gasteiger partial charge in [-0.05, 0) is 92.1 Å². The van der Waals surface area contributed by atoms with E-state index in [9.17, 15) is 4.79 Å². The van der Waals surface area contributed by atoms with Crippen LogP contribution in [0.3, 0.4) is 0 Å². The molecule has 1 aromatic heterocycles. The molecular formula is C31H35N3O3. The van der Waals surface area contributed by atoms with Crippen molar-refractivity contribution in [3.05, 3.63) is 76.9 Å².